The average molecular weight is 463 g/mol. The van der Waals surface area contributed by atoms with Gasteiger partial charge in [0.05, 0.1) is 5.52 Å². The van der Waals surface area contributed by atoms with Crippen molar-refractivity contribution in [2.45, 2.75) is 36.3 Å². The number of thioether (sulfide) groups is 1. The van der Waals surface area contributed by atoms with Gasteiger partial charge in [-0.05, 0) is 73.2 Å². The van der Waals surface area contributed by atoms with E-state index >= 15 is 0 Å². The second kappa shape index (κ2) is 8.59. The Balaban J connectivity index is 1.51. The molecule has 0 unspecified atom stereocenters. The maximum Gasteiger partial charge on any atom is 0.235 e. The molecule has 1 aromatic heterocycles. The van der Waals surface area contributed by atoms with Gasteiger partial charge in [-0.15, -0.1) is 11.8 Å². The second-order valence-corrected chi connectivity index (χ2v) is 10.4. The molecule has 5 nitrogen and oxygen atoms in total. The number of carbonyl (C=O) groups excluding carboxylic acids is 1. The number of aromatic nitrogens is 1. The van der Waals surface area contributed by atoms with Crippen molar-refractivity contribution in [2.75, 3.05) is 38.1 Å². The van der Waals surface area contributed by atoms with Crippen molar-refractivity contribution >= 4 is 50.2 Å². The SMILES string of the molecule is C[C@@H]1CN(c2ccc(Br)c3ncccc23)C[C@H](C(=O)NC2CCN(C)CC2)S1. The Hall–Kier alpha value is -1.31. The number of likely N-dealkylation sites (tertiary alicyclic amines) is 1. The lowest BCUT2D eigenvalue weighted by molar-refractivity contribution is -0.121. The topological polar surface area (TPSA) is 48.5 Å². The molecule has 3 heterocycles. The number of hydrogen-bond donors (Lipinski definition) is 1. The largest absolute Gasteiger partial charge is 0.368 e. The van der Waals surface area contributed by atoms with Crippen LogP contribution in [0.4, 0.5) is 5.69 Å². The van der Waals surface area contributed by atoms with Crippen LogP contribution in [0, 0.1) is 0 Å². The number of benzene rings is 1. The molecule has 0 spiro atoms. The number of pyridine rings is 1. The molecule has 28 heavy (non-hydrogen) atoms. The van der Waals surface area contributed by atoms with Gasteiger partial charge in [-0.25, -0.2) is 0 Å². The van der Waals surface area contributed by atoms with Crippen LogP contribution < -0.4 is 10.2 Å². The predicted octanol–water partition coefficient (Wildman–Crippen LogP) is 3.52. The molecule has 0 saturated carbocycles. The number of halogens is 1. The molecule has 7 heteroatoms. The van der Waals surface area contributed by atoms with Gasteiger partial charge in [0, 0.05) is 46.1 Å². The number of hydrogen-bond acceptors (Lipinski definition) is 5. The number of carbonyl (C=O) groups is 1. The first-order chi connectivity index (χ1) is 13.5. The van der Waals surface area contributed by atoms with Gasteiger partial charge in [0.1, 0.15) is 5.25 Å². The van der Waals surface area contributed by atoms with Crippen LogP contribution in [0.25, 0.3) is 10.9 Å². The molecule has 1 aromatic carbocycles. The summed E-state index contributed by atoms with van der Waals surface area (Å²) in [7, 11) is 2.14. The third-order valence-electron chi connectivity index (χ3n) is 5.66. The van der Waals surface area contributed by atoms with E-state index in [0.717, 1.165) is 60.1 Å². The van der Waals surface area contributed by atoms with E-state index in [-0.39, 0.29) is 11.2 Å². The highest BCUT2D eigenvalue weighted by molar-refractivity contribution is 9.10. The average Bonchev–Trinajstić information content (AvgIpc) is 2.70. The van der Waals surface area contributed by atoms with E-state index in [1.165, 1.54) is 0 Å². The number of rotatable bonds is 3. The maximum absolute atomic E-state index is 13.0. The molecule has 150 valence electrons. The third-order valence-corrected chi connectivity index (χ3v) is 7.60. The predicted molar refractivity (Wildman–Crippen MR) is 121 cm³/mol. The summed E-state index contributed by atoms with van der Waals surface area (Å²) < 4.78 is 1.00. The number of piperidine rings is 1. The Morgan fingerprint density at radius 1 is 1.25 bits per heavy atom. The number of nitrogens with zero attached hydrogens (tertiary/aromatic N) is 3. The van der Waals surface area contributed by atoms with Crippen molar-refractivity contribution in [3.8, 4) is 0 Å². The molecule has 4 rings (SSSR count). The smallest absolute Gasteiger partial charge is 0.235 e. The highest BCUT2D eigenvalue weighted by Crippen LogP contribution is 2.35. The molecule has 2 aliphatic rings. The van der Waals surface area contributed by atoms with Crippen LogP contribution in [0.1, 0.15) is 19.8 Å². The summed E-state index contributed by atoms with van der Waals surface area (Å²) >= 11 is 5.41. The van der Waals surface area contributed by atoms with Crippen molar-refractivity contribution in [2.24, 2.45) is 0 Å². The zero-order chi connectivity index (χ0) is 19.7. The van der Waals surface area contributed by atoms with Crippen LogP contribution in [-0.2, 0) is 4.79 Å². The summed E-state index contributed by atoms with van der Waals surface area (Å²) in [6.45, 7) is 6.01. The lowest BCUT2D eigenvalue weighted by Gasteiger charge is -2.38. The first-order valence-corrected chi connectivity index (χ1v) is 11.7. The van der Waals surface area contributed by atoms with Gasteiger partial charge in [0.15, 0.2) is 0 Å². The van der Waals surface area contributed by atoms with Crippen molar-refractivity contribution in [3.63, 3.8) is 0 Å². The fourth-order valence-corrected chi connectivity index (χ4v) is 5.87. The summed E-state index contributed by atoms with van der Waals surface area (Å²) in [5.74, 6) is 0.190. The minimum Gasteiger partial charge on any atom is -0.368 e. The van der Waals surface area contributed by atoms with E-state index in [9.17, 15) is 4.79 Å². The van der Waals surface area contributed by atoms with Crippen LogP contribution in [0.3, 0.4) is 0 Å². The van der Waals surface area contributed by atoms with Crippen molar-refractivity contribution in [3.05, 3.63) is 34.9 Å². The molecule has 1 amide bonds. The zero-order valence-electron chi connectivity index (χ0n) is 16.4. The van der Waals surface area contributed by atoms with Crippen LogP contribution in [0.15, 0.2) is 34.9 Å². The molecule has 2 saturated heterocycles. The monoisotopic (exact) mass is 462 g/mol. The molecule has 2 aliphatic heterocycles. The van der Waals surface area contributed by atoms with Crippen molar-refractivity contribution in [1.29, 1.82) is 0 Å². The number of amides is 1. The summed E-state index contributed by atoms with van der Waals surface area (Å²) in [5.41, 5.74) is 2.13. The summed E-state index contributed by atoms with van der Waals surface area (Å²) in [6, 6.07) is 8.60. The molecular formula is C21H27BrN4OS. The standard InChI is InChI=1S/C21H27BrN4OS/c1-14-12-26(18-6-5-17(22)20-16(18)4-3-9-23-20)13-19(28-14)21(27)24-15-7-10-25(2)11-8-15/h3-6,9,14-15,19H,7-8,10-13H2,1-2H3,(H,24,27)/t14-,19-/m1/s1. The van der Waals surface area contributed by atoms with Gasteiger partial charge in [0.25, 0.3) is 0 Å². The lowest BCUT2D eigenvalue weighted by Crippen LogP contribution is -2.51. The van der Waals surface area contributed by atoms with Gasteiger partial charge >= 0.3 is 0 Å². The van der Waals surface area contributed by atoms with Gasteiger partial charge in [-0.1, -0.05) is 6.92 Å². The van der Waals surface area contributed by atoms with Crippen LogP contribution in [-0.4, -0.2) is 65.6 Å². The van der Waals surface area contributed by atoms with Crippen LogP contribution >= 0.6 is 27.7 Å². The molecule has 1 N–H and O–H groups in total. The summed E-state index contributed by atoms with van der Waals surface area (Å²) in [4.78, 5) is 22.2. The molecule has 2 aromatic rings. The van der Waals surface area contributed by atoms with E-state index in [0.29, 0.717) is 11.3 Å². The molecule has 0 radical (unpaired) electrons. The highest BCUT2D eigenvalue weighted by atomic mass is 79.9. The minimum absolute atomic E-state index is 0.0428. The fourth-order valence-electron chi connectivity index (χ4n) is 4.14. The Morgan fingerprint density at radius 2 is 2.04 bits per heavy atom. The Morgan fingerprint density at radius 3 is 2.82 bits per heavy atom. The Kier molecular flexibility index (Phi) is 6.13. The molecule has 2 atom stereocenters. The molecule has 0 aliphatic carbocycles. The molecule has 0 bridgehead atoms. The lowest BCUT2D eigenvalue weighted by atomic mass is 10.1. The van der Waals surface area contributed by atoms with E-state index in [2.05, 4.69) is 68.2 Å². The highest BCUT2D eigenvalue weighted by Gasteiger charge is 2.32. The zero-order valence-corrected chi connectivity index (χ0v) is 18.8. The van der Waals surface area contributed by atoms with Gasteiger partial charge in [-0.2, -0.15) is 0 Å². The summed E-state index contributed by atoms with van der Waals surface area (Å²) in [6.07, 6.45) is 3.91. The Labute approximate surface area is 179 Å². The van der Waals surface area contributed by atoms with Gasteiger partial charge < -0.3 is 15.1 Å². The van der Waals surface area contributed by atoms with Crippen molar-refractivity contribution < 1.29 is 4.79 Å². The minimum atomic E-state index is -0.0428. The normalized spacial score (nSPS) is 24.5. The van der Waals surface area contributed by atoms with E-state index in [1.807, 2.05) is 12.3 Å². The van der Waals surface area contributed by atoms with Crippen molar-refractivity contribution in [1.82, 2.24) is 15.2 Å². The number of fused-ring (bicyclic) bond motifs is 1. The van der Waals surface area contributed by atoms with Gasteiger partial charge in [0.2, 0.25) is 5.91 Å². The maximum atomic E-state index is 13.0. The fraction of sp³-hybridized carbons (Fsp3) is 0.524. The van der Waals surface area contributed by atoms with E-state index in [1.54, 1.807) is 11.8 Å². The molecular weight excluding hydrogens is 436 g/mol. The number of anilines is 1. The van der Waals surface area contributed by atoms with E-state index in [4.69, 9.17) is 0 Å². The van der Waals surface area contributed by atoms with E-state index < -0.39 is 0 Å². The first kappa shape index (κ1) is 20.0. The molecule has 2 fully saturated rings. The first-order valence-electron chi connectivity index (χ1n) is 9.94. The summed E-state index contributed by atoms with van der Waals surface area (Å²) in [5, 5.41) is 4.80. The quantitative estimate of drug-likeness (QED) is 0.755. The van der Waals surface area contributed by atoms with Crippen LogP contribution in [0.2, 0.25) is 0 Å². The van der Waals surface area contributed by atoms with Crippen LogP contribution in [0.5, 0.6) is 0 Å². The van der Waals surface area contributed by atoms with Gasteiger partial charge in [-0.3, -0.25) is 9.78 Å². The number of nitrogens with one attached hydrogen (secondary N) is 1. The Bertz CT molecular complexity index is 855. The second-order valence-electron chi connectivity index (χ2n) is 7.89. The third kappa shape index (κ3) is 4.31.